The molecule has 2 rings (SSSR count). The van der Waals surface area contributed by atoms with Crippen LogP contribution in [0.3, 0.4) is 0 Å². The van der Waals surface area contributed by atoms with E-state index in [1.54, 1.807) is 11.0 Å². The number of carbonyl (C=O) groups is 1. The lowest BCUT2D eigenvalue weighted by atomic mass is 9.77. The first-order chi connectivity index (χ1) is 10.0. The van der Waals surface area contributed by atoms with Crippen molar-refractivity contribution in [1.82, 2.24) is 4.90 Å². The van der Waals surface area contributed by atoms with Crippen molar-refractivity contribution >= 4 is 17.5 Å². The van der Waals surface area contributed by atoms with Gasteiger partial charge in [-0.25, -0.2) is 4.39 Å². The van der Waals surface area contributed by atoms with Crippen molar-refractivity contribution in [1.29, 1.82) is 0 Å². The van der Waals surface area contributed by atoms with E-state index in [-0.39, 0.29) is 23.0 Å². The maximum atomic E-state index is 13.2. The average molecular weight is 312 g/mol. The van der Waals surface area contributed by atoms with Crippen molar-refractivity contribution in [3.63, 3.8) is 0 Å². The van der Waals surface area contributed by atoms with Gasteiger partial charge in [0.1, 0.15) is 5.82 Å². The Hall–Kier alpha value is -1.39. The molecule has 1 saturated heterocycles. The van der Waals surface area contributed by atoms with Crippen LogP contribution in [0.4, 0.5) is 4.39 Å². The van der Waals surface area contributed by atoms with Crippen LogP contribution in [0.2, 0.25) is 5.02 Å². The first-order valence-electron chi connectivity index (χ1n) is 6.97. The normalized spacial score (nSPS) is 22.1. The molecule has 0 aliphatic carbocycles. The molecule has 0 aromatic heterocycles. The summed E-state index contributed by atoms with van der Waals surface area (Å²) in [6.45, 7) is 4.85. The van der Waals surface area contributed by atoms with Crippen molar-refractivity contribution in [3.05, 3.63) is 47.3 Å². The molecule has 1 aromatic carbocycles. The molecule has 3 nitrogen and oxygen atoms in total. The number of rotatable bonds is 4. The summed E-state index contributed by atoms with van der Waals surface area (Å²) in [5.41, 5.74) is 0.0493. The monoisotopic (exact) mass is 311 g/mol. The highest BCUT2D eigenvalue weighted by Gasteiger charge is 2.36. The van der Waals surface area contributed by atoms with Crippen LogP contribution in [0.5, 0.6) is 0 Å². The van der Waals surface area contributed by atoms with Gasteiger partial charge >= 0.3 is 0 Å². The minimum Gasteiger partial charge on any atom is -0.396 e. The zero-order valence-corrected chi connectivity index (χ0v) is 12.6. The van der Waals surface area contributed by atoms with Gasteiger partial charge in [-0.1, -0.05) is 17.7 Å². The molecule has 21 heavy (non-hydrogen) atoms. The summed E-state index contributed by atoms with van der Waals surface area (Å²) in [7, 11) is 0. The smallest absolute Gasteiger partial charge is 0.253 e. The van der Waals surface area contributed by atoms with Gasteiger partial charge in [-0.15, -0.1) is 6.58 Å². The first kappa shape index (κ1) is 16.0. The fraction of sp³-hybridized carbons (Fsp3) is 0.438. The van der Waals surface area contributed by atoms with Crippen molar-refractivity contribution in [2.75, 3.05) is 19.7 Å². The SMILES string of the molecule is C=CC[C@@]1(CO)CCCN(C(=O)c2ccc(F)c(Cl)c2)C1. The van der Waals surface area contributed by atoms with E-state index in [2.05, 4.69) is 6.58 Å². The van der Waals surface area contributed by atoms with Crippen LogP contribution in [0.15, 0.2) is 30.9 Å². The van der Waals surface area contributed by atoms with Crippen LogP contribution in [0.25, 0.3) is 0 Å². The maximum Gasteiger partial charge on any atom is 0.253 e. The third kappa shape index (κ3) is 3.44. The molecule has 0 bridgehead atoms. The van der Waals surface area contributed by atoms with Crippen molar-refractivity contribution in [3.8, 4) is 0 Å². The Balaban J connectivity index is 2.18. The number of nitrogens with zero attached hydrogens (tertiary/aromatic N) is 1. The number of carbonyl (C=O) groups excluding carboxylic acids is 1. The summed E-state index contributed by atoms with van der Waals surface area (Å²) >= 11 is 5.73. The zero-order valence-electron chi connectivity index (χ0n) is 11.8. The van der Waals surface area contributed by atoms with Crippen LogP contribution in [0, 0.1) is 11.2 Å². The number of benzene rings is 1. The average Bonchev–Trinajstić information content (AvgIpc) is 2.50. The molecule has 1 atom stereocenters. The molecule has 1 N–H and O–H groups in total. The summed E-state index contributed by atoms with van der Waals surface area (Å²) < 4.78 is 13.2. The van der Waals surface area contributed by atoms with Crippen LogP contribution in [0.1, 0.15) is 29.6 Å². The number of aliphatic hydroxyl groups excluding tert-OH is 1. The van der Waals surface area contributed by atoms with Crippen LogP contribution in [-0.4, -0.2) is 35.6 Å². The second-order valence-electron chi connectivity index (χ2n) is 5.61. The highest BCUT2D eigenvalue weighted by atomic mass is 35.5. The van der Waals surface area contributed by atoms with E-state index in [4.69, 9.17) is 11.6 Å². The van der Waals surface area contributed by atoms with E-state index in [0.717, 1.165) is 12.8 Å². The van der Waals surface area contributed by atoms with E-state index in [1.165, 1.54) is 18.2 Å². The minimum absolute atomic E-state index is 0.0208. The topological polar surface area (TPSA) is 40.5 Å². The van der Waals surface area contributed by atoms with Crippen LogP contribution in [-0.2, 0) is 0 Å². The Morgan fingerprint density at radius 2 is 2.33 bits per heavy atom. The summed E-state index contributed by atoms with van der Waals surface area (Å²) in [5.74, 6) is -0.721. The Bertz CT molecular complexity index is 549. The first-order valence-corrected chi connectivity index (χ1v) is 7.35. The lowest BCUT2D eigenvalue weighted by Gasteiger charge is -2.41. The molecule has 0 unspecified atom stereocenters. The molecule has 1 aliphatic heterocycles. The number of hydrogen-bond donors (Lipinski definition) is 1. The molecule has 1 heterocycles. The number of hydrogen-bond acceptors (Lipinski definition) is 2. The summed E-state index contributed by atoms with van der Waals surface area (Å²) in [6.07, 6.45) is 4.13. The van der Waals surface area contributed by atoms with Gasteiger partial charge in [0.25, 0.3) is 5.91 Å². The summed E-state index contributed by atoms with van der Waals surface area (Å²) in [6, 6.07) is 3.98. The lowest BCUT2D eigenvalue weighted by molar-refractivity contribution is 0.0285. The molecule has 0 saturated carbocycles. The quantitative estimate of drug-likeness (QED) is 0.867. The molecule has 1 amide bonds. The highest BCUT2D eigenvalue weighted by Crippen LogP contribution is 2.34. The molecule has 5 heteroatoms. The van der Waals surface area contributed by atoms with Crippen molar-refractivity contribution < 1.29 is 14.3 Å². The fourth-order valence-electron chi connectivity index (χ4n) is 2.86. The Morgan fingerprint density at radius 3 is 2.95 bits per heavy atom. The van der Waals surface area contributed by atoms with Gasteiger partial charge in [0.15, 0.2) is 0 Å². The number of halogens is 2. The van der Waals surface area contributed by atoms with Gasteiger partial charge in [0.05, 0.1) is 11.6 Å². The predicted octanol–water partition coefficient (Wildman–Crippen LogP) is 3.27. The van der Waals surface area contributed by atoms with Gasteiger partial charge in [0, 0.05) is 24.1 Å². The van der Waals surface area contributed by atoms with E-state index in [1.807, 2.05) is 0 Å². The third-order valence-corrected chi connectivity index (χ3v) is 4.32. The standard InChI is InChI=1S/C16H19ClFNO2/c1-2-6-16(11-20)7-3-8-19(10-16)15(21)12-4-5-14(18)13(17)9-12/h2,4-5,9,20H,1,3,6-8,10-11H2/t16-/m1/s1. The third-order valence-electron chi connectivity index (χ3n) is 4.03. The Kier molecular flexibility index (Phi) is 5.01. The van der Waals surface area contributed by atoms with Gasteiger partial charge in [-0.05, 0) is 37.5 Å². The molecule has 114 valence electrons. The zero-order chi connectivity index (χ0) is 15.5. The van der Waals surface area contributed by atoms with Crippen LogP contribution < -0.4 is 0 Å². The summed E-state index contributed by atoms with van der Waals surface area (Å²) in [5, 5.41) is 9.61. The van der Waals surface area contributed by atoms with Crippen LogP contribution >= 0.6 is 11.6 Å². The largest absolute Gasteiger partial charge is 0.396 e. The Morgan fingerprint density at radius 1 is 1.57 bits per heavy atom. The second-order valence-corrected chi connectivity index (χ2v) is 6.02. The molecule has 1 aromatic rings. The molecule has 1 aliphatic rings. The van der Waals surface area contributed by atoms with Gasteiger partial charge in [-0.3, -0.25) is 4.79 Å². The number of likely N-dealkylation sites (tertiary alicyclic amines) is 1. The van der Waals surface area contributed by atoms with E-state index in [9.17, 15) is 14.3 Å². The summed E-state index contributed by atoms with van der Waals surface area (Å²) in [4.78, 5) is 14.2. The molecular weight excluding hydrogens is 293 g/mol. The number of allylic oxidation sites excluding steroid dienone is 1. The lowest BCUT2D eigenvalue weighted by Crippen LogP contribution is -2.47. The van der Waals surface area contributed by atoms with E-state index < -0.39 is 5.82 Å². The minimum atomic E-state index is -0.539. The molecule has 0 radical (unpaired) electrons. The number of amides is 1. The van der Waals surface area contributed by atoms with Gasteiger partial charge in [0.2, 0.25) is 0 Å². The maximum absolute atomic E-state index is 13.2. The molecule has 0 spiro atoms. The van der Waals surface area contributed by atoms with E-state index in [0.29, 0.717) is 25.1 Å². The second kappa shape index (κ2) is 6.58. The number of aliphatic hydroxyl groups is 1. The van der Waals surface area contributed by atoms with Crippen molar-refractivity contribution in [2.24, 2.45) is 5.41 Å². The predicted molar refractivity (Wildman–Crippen MR) is 80.9 cm³/mol. The van der Waals surface area contributed by atoms with Crippen molar-refractivity contribution in [2.45, 2.75) is 19.3 Å². The molecular formula is C16H19ClFNO2. The number of piperidine rings is 1. The van der Waals surface area contributed by atoms with Gasteiger partial charge in [-0.2, -0.15) is 0 Å². The molecule has 1 fully saturated rings. The van der Waals surface area contributed by atoms with E-state index >= 15 is 0 Å². The fourth-order valence-corrected chi connectivity index (χ4v) is 3.04. The highest BCUT2D eigenvalue weighted by molar-refractivity contribution is 6.31. The Labute approximate surface area is 129 Å². The van der Waals surface area contributed by atoms with Gasteiger partial charge < -0.3 is 10.0 Å².